The van der Waals surface area contributed by atoms with E-state index in [1.165, 1.54) is 34.2 Å². The fraction of sp³-hybridized carbons (Fsp3) is 0.433. The number of aryl methyl sites for hydroxylation is 1. The number of imidazole rings is 1. The topological polar surface area (TPSA) is 150 Å². The normalized spacial score (nSPS) is 19.4. The number of carbonyl (C=O) groups is 2. The van der Waals surface area contributed by atoms with Gasteiger partial charge < -0.3 is 15.0 Å². The van der Waals surface area contributed by atoms with E-state index in [4.69, 9.17) is 4.74 Å². The van der Waals surface area contributed by atoms with Gasteiger partial charge in [-0.25, -0.2) is 28.8 Å². The van der Waals surface area contributed by atoms with Crippen molar-refractivity contribution in [3.05, 3.63) is 75.9 Å². The number of fused-ring (bicyclic) bond motifs is 2. The SMILES string of the molecule is Cc1cc(Cc2cnc(-c3nc4n(c(=O)c3OC(=O)C(F)(F)F)CC3CCC4(NC(=O)C(C)(C)n4cncn4)CC3)[nH]2)ccc1F. The second-order valence-electron chi connectivity index (χ2n) is 12.3. The van der Waals surface area contributed by atoms with Crippen molar-refractivity contribution in [3.8, 4) is 17.3 Å². The zero-order valence-corrected chi connectivity index (χ0v) is 25.1. The number of amides is 1. The Kier molecular flexibility index (Phi) is 7.55. The van der Waals surface area contributed by atoms with Crippen LogP contribution in [0.1, 0.15) is 62.2 Å². The van der Waals surface area contributed by atoms with Gasteiger partial charge in [0.25, 0.3) is 5.56 Å². The van der Waals surface area contributed by atoms with Gasteiger partial charge in [0, 0.05) is 24.9 Å². The van der Waals surface area contributed by atoms with E-state index in [-0.39, 0.29) is 36.3 Å². The average molecular weight is 643 g/mol. The number of rotatable bonds is 7. The number of hydrogen-bond donors (Lipinski definition) is 2. The highest BCUT2D eigenvalue weighted by atomic mass is 19.4. The maximum absolute atomic E-state index is 14.0. The van der Waals surface area contributed by atoms with Crippen LogP contribution in [-0.2, 0) is 33.6 Å². The van der Waals surface area contributed by atoms with Crippen LogP contribution in [0.2, 0.25) is 0 Å². The molecule has 0 unspecified atom stereocenters. The molecule has 7 rings (SSSR count). The largest absolute Gasteiger partial charge is 0.491 e. The number of benzene rings is 1. The lowest BCUT2D eigenvalue weighted by atomic mass is 9.77. The van der Waals surface area contributed by atoms with Crippen molar-refractivity contribution in [1.29, 1.82) is 0 Å². The summed E-state index contributed by atoms with van der Waals surface area (Å²) in [6, 6.07) is 4.54. The van der Waals surface area contributed by atoms with Crippen LogP contribution in [-0.4, -0.2) is 52.3 Å². The molecule has 242 valence electrons. The van der Waals surface area contributed by atoms with Crippen LogP contribution in [0.5, 0.6) is 5.75 Å². The Morgan fingerprint density at radius 2 is 1.93 bits per heavy atom. The summed E-state index contributed by atoms with van der Waals surface area (Å²) in [5.74, 6) is -4.37. The van der Waals surface area contributed by atoms with E-state index in [1.54, 1.807) is 32.9 Å². The molecular formula is C30H30F4N8O4. The van der Waals surface area contributed by atoms with Crippen LogP contribution in [0.3, 0.4) is 0 Å². The number of H-pyrrole nitrogens is 1. The van der Waals surface area contributed by atoms with Crippen LogP contribution in [0, 0.1) is 18.7 Å². The van der Waals surface area contributed by atoms with Crippen LogP contribution in [0.4, 0.5) is 17.6 Å². The van der Waals surface area contributed by atoms with Gasteiger partial charge in [0.15, 0.2) is 11.5 Å². The van der Waals surface area contributed by atoms with Crippen LogP contribution >= 0.6 is 0 Å². The highest BCUT2D eigenvalue weighted by Gasteiger charge is 2.49. The number of esters is 1. The van der Waals surface area contributed by atoms with Gasteiger partial charge in [0.1, 0.15) is 29.8 Å². The number of nitrogens with zero attached hydrogens (tertiary/aromatic N) is 6. The van der Waals surface area contributed by atoms with Gasteiger partial charge in [0.05, 0.1) is 5.54 Å². The molecule has 2 bridgehead atoms. The van der Waals surface area contributed by atoms with E-state index >= 15 is 0 Å². The minimum Gasteiger partial charge on any atom is -0.411 e. The maximum atomic E-state index is 14.0. The van der Waals surface area contributed by atoms with Crippen molar-refractivity contribution in [2.45, 2.75) is 76.7 Å². The molecule has 1 amide bonds. The van der Waals surface area contributed by atoms with Gasteiger partial charge in [-0.1, -0.05) is 12.1 Å². The van der Waals surface area contributed by atoms with E-state index in [0.29, 0.717) is 36.9 Å². The summed E-state index contributed by atoms with van der Waals surface area (Å²) in [5, 5.41) is 7.18. The van der Waals surface area contributed by atoms with Gasteiger partial charge in [-0.15, -0.1) is 0 Å². The monoisotopic (exact) mass is 642 g/mol. The molecule has 3 aliphatic rings. The molecule has 0 radical (unpaired) electrons. The number of nitrogens with one attached hydrogen (secondary N) is 2. The number of alkyl halides is 3. The fourth-order valence-electron chi connectivity index (χ4n) is 6.07. The third-order valence-corrected chi connectivity index (χ3v) is 8.75. The molecule has 12 nitrogen and oxygen atoms in total. The minimum atomic E-state index is -5.39. The van der Waals surface area contributed by atoms with E-state index in [1.807, 2.05) is 0 Å². The van der Waals surface area contributed by atoms with Gasteiger partial charge in [0.2, 0.25) is 11.7 Å². The molecule has 2 N–H and O–H groups in total. The Hall–Kier alpha value is -4.89. The first-order valence-electron chi connectivity index (χ1n) is 14.6. The Balaban J connectivity index is 1.46. The molecular weight excluding hydrogens is 612 g/mol. The first kappa shape index (κ1) is 31.1. The van der Waals surface area contributed by atoms with Gasteiger partial charge >= 0.3 is 12.1 Å². The summed E-state index contributed by atoms with van der Waals surface area (Å²) in [6.45, 7) is 5.01. The number of ether oxygens (including phenoxy) is 1. The van der Waals surface area contributed by atoms with E-state index < -0.39 is 46.1 Å². The number of carbonyl (C=O) groups excluding carboxylic acids is 2. The van der Waals surface area contributed by atoms with E-state index in [2.05, 4.69) is 30.4 Å². The van der Waals surface area contributed by atoms with Gasteiger partial charge in [-0.05, 0) is 69.6 Å². The molecule has 1 aliphatic carbocycles. The van der Waals surface area contributed by atoms with E-state index in [0.717, 1.165) is 5.56 Å². The second kappa shape index (κ2) is 11.2. The lowest BCUT2D eigenvalue weighted by molar-refractivity contribution is -0.189. The molecule has 0 atom stereocenters. The number of hydrogen-bond acceptors (Lipinski definition) is 8. The smallest absolute Gasteiger partial charge is 0.411 e. The third kappa shape index (κ3) is 5.56. The molecule has 3 aromatic heterocycles. The summed E-state index contributed by atoms with van der Waals surface area (Å²) in [6.07, 6.45) is 0.952. The summed E-state index contributed by atoms with van der Waals surface area (Å²) in [7, 11) is 0. The number of halogens is 4. The summed E-state index contributed by atoms with van der Waals surface area (Å²) < 4.78 is 61.2. The summed E-state index contributed by atoms with van der Waals surface area (Å²) in [4.78, 5) is 55.6. The van der Waals surface area contributed by atoms with Crippen molar-refractivity contribution < 1.29 is 31.9 Å². The highest BCUT2D eigenvalue weighted by molar-refractivity contribution is 5.84. The highest BCUT2D eigenvalue weighted by Crippen LogP contribution is 2.44. The number of aromatic amines is 1. The molecule has 1 fully saturated rings. The van der Waals surface area contributed by atoms with Gasteiger partial charge in [-0.2, -0.15) is 18.3 Å². The Morgan fingerprint density at radius 1 is 1.20 bits per heavy atom. The predicted molar refractivity (Wildman–Crippen MR) is 153 cm³/mol. The Bertz CT molecular complexity index is 1870. The van der Waals surface area contributed by atoms with Crippen LogP contribution in [0.25, 0.3) is 11.5 Å². The molecule has 16 heteroatoms. The third-order valence-electron chi connectivity index (χ3n) is 8.75. The van der Waals surface area contributed by atoms with Crippen molar-refractivity contribution in [2.75, 3.05) is 0 Å². The second-order valence-corrected chi connectivity index (χ2v) is 12.3. The average Bonchev–Trinajstić information content (AvgIpc) is 3.66. The Morgan fingerprint density at radius 3 is 2.59 bits per heavy atom. The molecule has 0 saturated heterocycles. The van der Waals surface area contributed by atoms with Crippen molar-refractivity contribution in [1.82, 2.24) is 39.6 Å². The van der Waals surface area contributed by atoms with Crippen molar-refractivity contribution in [2.24, 2.45) is 5.92 Å². The zero-order chi connectivity index (χ0) is 33.0. The molecule has 1 aromatic carbocycles. The lowest BCUT2D eigenvalue weighted by Gasteiger charge is -2.39. The quantitative estimate of drug-likeness (QED) is 0.229. The van der Waals surface area contributed by atoms with Gasteiger partial charge in [-0.3, -0.25) is 14.2 Å². The van der Waals surface area contributed by atoms with Crippen LogP contribution < -0.4 is 15.6 Å². The maximum Gasteiger partial charge on any atom is 0.491 e. The summed E-state index contributed by atoms with van der Waals surface area (Å²) >= 11 is 0. The van der Waals surface area contributed by atoms with Crippen molar-refractivity contribution in [3.63, 3.8) is 0 Å². The first-order chi connectivity index (χ1) is 21.7. The Labute approximate surface area is 259 Å². The number of aromatic nitrogens is 7. The molecule has 1 saturated carbocycles. The predicted octanol–water partition coefficient (Wildman–Crippen LogP) is 3.68. The van der Waals surface area contributed by atoms with Crippen LogP contribution in [0.15, 0.2) is 41.8 Å². The summed E-state index contributed by atoms with van der Waals surface area (Å²) in [5.41, 5.74) is -2.17. The first-order valence-corrected chi connectivity index (χ1v) is 14.6. The zero-order valence-electron chi connectivity index (χ0n) is 25.1. The van der Waals surface area contributed by atoms with E-state index in [9.17, 15) is 31.9 Å². The molecule has 2 aliphatic heterocycles. The van der Waals surface area contributed by atoms with Crippen molar-refractivity contribution >= 4 is 11.9 Å². The fourth-order valence-corrected chi connectivity index (χ4v) is 6.07. The molecule has 5 heterocycles. The standard InChI is InChI=1S/C30H30F4N8O4/c1-16-10-18(4-5-20(16)31)11-19-12-36-23(38-19)21-22(46-27(45)30(32,33)34)24(43)41-13-17-6-8-29(9-7-17,25(41)39-21)40-26(44)28(2,3)42-15-35-14-37-42/h4-5,10,12,14-15,17H,6-9,11,13H2,1-3H3,(H,36,38)(H,40,44). The lowest BCUT2D eigenvalue weighted by Crippen LogP contribution is -2.55. The molecule has 0 spiro atoms. The minimum absolute atomic E-state index is 0.0273. The molecule has 4 aromatic rings. The molecule has 46 heavy (non-hydrogen) atoms.